The maximum absolute atomic E-state index is 4.82. The molecule has 0 saturated carbocycles. The van der Waals surface area contributed by atoms with E-state index in [1.165, 1.54) is 0 Å². The minimum Gasteiger partial charge on any atom is -0.265 e. The minimum atomic E-state index is 0.948. The van der Waals surface area contributed by atoms with E-state index in [1.807, 2.05) is 78.0 Å². The van der Waals surface area contributed by atoms with Crippen LogP contribution in [0.4, 0.5) is 0 Å². The van der Waals surface area contributed by atoms with Gasteiger partial charge >= 0.3 is 0 Å². The van der Waals surface area contributed by atoms with E-state index in [1.54, 1.807) is 11.3 Å². The van der Waals surface area contributed by atoms with Crippen molar-refractivity contribution in [3.8, 4) is 27.4 Å². The van der Waals surface area contributed by atoms with Crippen molar-refractivity contribution in [2.24, 2.45) is 0 Å². The zero-order valence-corrected chi connectivity index (χ0v) is 14.6. The Balaban J connectivity index is 1.72. The van der Waals surface area contributed by atoms with Crippen molar-refractivity contribution in [2.75, 3.05) is 0 Å². The normalized spacial score (nSPS) is 11.1. The third kappa shape index (κ3) is 2.50. The van der Waals surface area contributed by atoms with Gasteiger partial charge in [0.25, 0.3) is 0 Å². The number of nitrogens with zero attached hydrogens (tertiary/aromatic N) is 4. The van der Waals surface area contributed by atoms with E-state index in [4.69, 9.17) is 5.10 Å². The van der Waals surface area contributed by atoms with Gasteiger partial charge < -0.3 is 0 Å². The average molecular weight is 354 g/mol. The van der Waals surface area contributed by atoms with Crippen molar-refractivity contribution < 1.29 is 0 Å². The first-order valence-corrected chi connectivity index (χ1v) is 9.11. The first kappa shape index (κ1) is 15.0. The highest BCUT2D eigenvalue weighted by Crippen LogP contribution is 2.43. The fourth-order valence-electron chi connectivity index (χ4n) is 3.07. The third-order valence-corrected chi connectivity index (χ3v) is 5.42. The first-order chi connectivity index (χ1) is 12.9. The Morgan fingerprint density at radius 3 is 2.50 bits per heavy atom. The molecule has 4 heterocycles. The van der Waals surface area contributed by atoms with Gasteiger partial charge in [0.2, 0.25) is 0 Å². The van der Waals surface area contributed by atoms with E-state index < -0.39 is 0 Å². The molecule has 4 nitrogen and oxygen atoms in total. The number of benzene rings is 1. The molecule has 0 fully saturated rings. The Morgan fingerprint density at radius 2 is 1.65 bits per heavy atom. The number of fused-ring (bicyclic) bond motifs is 1. The van der Waals surface area contributed by atoms with Gasteiger partial charge in [-0.25, -0.2) is 4.68 Å². The summed E-state index contributed by atoms with van der Waals surface area (Å²) in [5.41, 5.74) is 5.22. The zero-order chi connectivity index (χ0) is 17.3. The Labute approximate surface area is 154 Å². The fourth-order valence-corrected chi connectivity index (χ4v) is 4.21. The summed E-state index contributed by atoms with van der Waals surface area (Å²) >= 11 is 1.72. The second-order valence-electron chi connectivity index (χ2n) is 5.87. The molecule has 0 bridgehead atoms. The summed E-state index contributed by atoms with van der Waals surface area (Å²) in [6.45, 7) is 0. The van der Waals surface area contributed by atoms with Gasteiger partial charge in [0.05, 0.1) is 20.8 Å². The van der Waals surface area contributed by atoms with Gasteiger partial charge in [0, 0.05) is 30.4 Å². The molecular weight excluding hydrogens is 340 g/mol. The SMILES string of the molecule is c1ccc(-n2ccc(-c3sc4cccnc4c3-c3ccncc3)n2)cc1. The molecule has 26 heavy (non-hydrogen) atoms. The van der Waals surface area contributed by atoms with Crippen molar-refractivity contribution in [2.45, 2.75) is 0 Å². The predicted octanol–water partition coefficient (Wildman–Crippen LogP) is 5.21. The number of pyridine rings is 2. The molecule has 4 aromatic heterocycles. The highest BCUT2D eigenvalue weighted by atomic mass is 32.1. The molecule has 0 saturated heterocycles. The molecule has 124 valence electrons. The minimum absolute atomic E-state index is 0.948. The summed E-state index contributed by atoms with van der Waals surface area (Å²) in [5, 5.41) is 4.82. The Bertz CT molecular complexity index is 1180. The Hall–Kier alpha value is -3.31. The van der Waals surface area contributed by atoms with Crippen molar-refractivity contribution >= 4 is 21.6 Å². The standard InChI is InChI=1S/C21H14N4S/c1-2-5-16(6-3-1)25-14-10-17(24-25)21-19(15-8-12-22-13-9-15)20-18(26-21)7-4-11-23-20/h1-14H. The van der Waals surface area contributed by atoms with Crippen molar-refractivity contribution in [1.82, 2.24) is 19.7 Å². The summed E-state index contributed by atoms with van der Waals surface area (Å²) in [6, 6.07) is 20.3. The van der Waals surface area contributed by atoms with Gasteiger partial charge in [-0.15, -0.1) is 11.3 Å². The molecule has 5 rings (SSSR count). The van der Waals surface area contributed by atoms with Crippen molar-refractivity contribution in [1.29, 1.82) is 0 Å². The van der Waals surface area contributed by atoms with Crippen LogP contribution in [0.5, 0.6) is 0 Å². The fraction of sp³-hybridized carbons (Fsp3) is 0. The highest BCUT2D eigenvalue weighted by Gasteiger charge is 2.18. The number of rotatable bonds is 3. The van der Waals surface area contributed by atoms with E-state index in [-0.39, 0.29) is 0 Å². The Kier molecular flexibility index (Phi) is 3.57. The lowest BCUT2D eigenvalue weighted by atomic mass is 10.1. The molecule has 0 spiro atoms. The van der Waals surface area contributed by atoms with Crippen LogP contribution in [0, 0.1) is 0 Å². The van der Waals surface area contributed by atoms with Gasteiger partial charge in [0.1, 0.15) is 5.69 Å². The van der Waals surface area contributed by atoms with Crippen LogP contribution < -0.4 is 0 Å². The quantitative estimate of drug-likeness (QED) is 0.447. The van der Waals surface area contributed by atoms with Gasteiger partial charge in [-0.1, -0.05) is 18.2 Å². The molecular formula is C21H14N4S. The number of thiophene rings is 1. The molecule has 5 aromatic rings. The number of hydrogen-bond acceptors (Lipinski definition) is 4. The summed E-state index contributed by atoms with van der Waals surface area (Å²) in [7, 11) is 0. The third-order valence-electron chi connectivity index (χ3n) is 4.26. The van der Waals surface area contributed by atoms with E-state index in [9.17, 15) is 0 Å². The van der Waals surface area contributed by atoms with Crippen LogP contribution in [0.3, 0.4) is 0 Å². The summed E-state index contributed by atoms with van der Waals surface area (Å²) in [4.78, 5) is 9.89. The van der Waals surface area contributed by atoms with E-state index >= 15 is 0 Å². The molecule has 0 aliphatic carbocycles. The van der Waals surface area contributed by atoms with Crippen LogP contribution in [0.1, 0.15) is 0 Å². The second-order valence-corrected chi connectivity index (χ2v) is 6.93. The monoisotopic (exact) mass is 354 g/mol. The van der Waals surface area contributed by atoms with E-state index in [0.717, 1.165) is 37.6 Å². The second kappa shape index (κ2) is 6.20. The average Bonchev–Trinajstić information content (AvgIpc) is 3.34. The lowest BCUT2D eigenvalue weighted by molar-refractivity contribution is 0.885. The van der Waals surface area contributed by atoms with Gasteiger partial charge in [-0.2, -0.15) is 5.10 Å². The predicted molar refractivity (Wildman–Crippen MR) is 105 cm³/mol. The summed E-state index contributed by atoms with van der Waals surface area (Å²) in [5.74, 6) is 0. The lowest BCUT2D eigenvalue weighted by Crippen LogP contribution is -1.94. The van der Waals surface area contributed by atoms with Crippen LogP contribution in [0.15, 0.2) is 85.5 Å². The summed E-state index contributed by atoms with van der Waals surface area (Å²) < 4.78 is 3.06. The highest BCUT2D eigenvalue weighted by molar-refractivity contribution is 7.23. The topological polar surface area (TPSA) is 43.6 Å². The van der Waals surface area contributed by atoms with Crippen molar-refractivity contribution in [3.63, 3.8) is 0 Å². The van der Waals surface area contributed by atoms with Crippen molar-refractivity contribution in [3.05, 3.63) is 85.5 Å². The van der Waals surface area contributed by atoms with E-state index in [0.29, 0.717) is 0 Å². The molecule has 0 aliphatic heterocycles. The largest absolute Gasteiger partial charge is 0.265 e. The van der Waals surface area contributed by atoms with Crippen LogP contribution in [-0.4, -0.2) is 19.7 Å². The number of hydrogen-bond donors (Lipinski definition) is 0. The van der Waals surface area contributed by atoms with Gasteiger partial charge in [0.15, 0.2) is 0 Å². The van der Waals surface area contributed by atoms with Crippen LogP contribution in [0.2, 0.25) is 0 Å². The van der Waals surface area contributed by atoms with Gasteiger partial charge in [-0.05, 0) is 48.0 Å². The van der Waals surface area contributed by atoms with Crippen LogP contribution in [0.25, 0.3) is 37.6 Å². The molecule has 0 atom stereocenters. The maximum atomic E-state index is 4.82. The molecule has 0 aliphatic rings. The molecule has 1 aromatic carbocycles. The molecule has 0 amide bonds. The molecule has 5 heteroatoms. The van der Waals surface area contributed by atoms with Crippen LogP contribution >= 0.6 is 11.3 Å². The summed E-state index contributed by atoms with van der Waals surface area (Å²) in [6.07, 6.45) is 7.47. The molecule has 0 N–H and O–H groups in total. The first-order valence-electron chi connectivity index (χ1n) is 8.29. The number of para-hydroxylation sites is 1. The molecule has 0 unspecified atom stereocenters. The smallest absolute Gasteiger partial charge is 0.103 e. The Morgan fingerprint density at radius 1 is 0.808 bits per heavy atom. The zero-order valence-electron chi connectivity index (χ0n) is 13.8. The van der Waals surface area contributed by atoms with E-state index in [2.05, 4.69) is 22.1 Å². The maximum Gasteiger partial charge on any atom is 0.103 e. The van der Waals surface area contributed by atoms with Crippen LogP contribution in [-0.2, 0) is 0 Å². The van der Waals surface area contributed by atoms with Gasteiger partial charge in [-0.3, -0.25) is 9.97 Å². The number of aromatic nitrogens is 4. The lowest BCUT2D eigenvalue weighted by Gasteiger charge is -2.03. The molecule has 0 radical (unpaired) electrons.